The molecule has 0 aliphatic heterocycles. The molecule has 0 heterocycles. The van der Waals surface area contributed by atoms with Crippen LogP contribution in [-0.2, 0) is 16.0 Å². The fourth-order valence-electron chi connectivity index (χ4n) is 2.16. The van der Waals surface area contributed by atoms with Crippen LogP contribution in [0.2, 0.25) is 0 Å². The number of nitrogens with one attached hydrogen (secondary N) is 2. The first-order valence-corrected chi connectivity index (χ1v) is 7.89. The largest absolute Gasteiger partial charge is 0.355 e. The van der Waals surface area contributed by atoms with Gasteiger partial charge in [0, 0.05) is 12.6 Å². The van der Waals surface area contributed by atoms with Crippen LogP contribution in [-0.4, -0.2) is 18.4 Å². The predicted molar refractivity (Wildman–Crippen MR) is 91.9 cm³/mol. The molecule has 2 rings (SSSR count). The highest BCUT2D eigenvalue weighted by atomic mass is 19.1. The molecule has 6 heteroatoms. The molecule has 2 N–H and O–H groups in total. The highest BCUT2D eigenvalue weighted by Crippen LogP contribution is 2.21. The topological polar surface area (TPSA) is 58.2 Å². The third-order valence-electron chi connectivity index (χ3n) is 3.86. The molecule has 0 unspecified atom stereocenters. The summed E-state index contributed by atoms with van der Waals surface area (Å²) in [5, 5.41) is 5.03. The molecule has 132 valence electrons. The van der Waals surface area contributed by atoms with Crippen molar-refractivity contribution in [3.8, 4) is 0 Å². The zero-order chi connectivity index (χ0) is 18.4. The Bertz CT molecular complexity index is 761. The van der Waals surface area contributed by atoms with Gasteiger partial charge in [0.05, 0.1) is 5.69 Å². The smallest absolute Gasteiger partial charge is 0.239 e. The SMILES string of the molecule is CC(C)(C(=O)NCCc1ccccc1)C(=O)Nc1ccc(F)cc1F. The van der Waals surface area contributed by atoms with Gasteiger partial charge in [0.1, 0.15) is 17.0 Å². The second kappa shape index (κ2) is 7.88. The lowest BCUT2D eigenvalue weighted by Gasteiger charge is -2.23. The normalized spacial score (nSPS) is 11.0. The fourth-order valence-corrected chi connectivity index (χ4v) is 2.16. The molecule has 0 aromatic heterocycles. The van der Waals surface area contributed by atoms with Gasteiger partial charge in [0.25, 0.3) is 0 Å². The molecule has 0 atom stereocenters. The van der Waals surface area contributed by atoms with Crippen molar-refractivity contribution >= 4 is 17.5 Å². The molecule has 0 saturated carbocycles. The summed E-state index contributed by atoms with van der Waals surface area (Å²) in [5.41, 5.74) is -0.507. The van der Waals surface area contributed by atoms with Gasteiger partial charge >= 0.3 is 0 Å². The Morgan fingerprint density at radius 2 is 1.68 bits per heavy atom. The number of hydrogen-bond acceptors (Lipinski definition) is 2. The Kier molecular flexibility index (Phi) is 5.85. The van der Waals surface area contributed by atoms with Gasteiger partial charge in [0.2, 0.25) is 11.8 Å². The van der Waals surface area contributed by atoms with Crippen LogP contribution in [0.1, 0.15) is 19.4 Å². The van der Waals surface area contributed by atoms with Gasteiger partial charge < -0.3 is 10.6 Å². The molecular weight excluding hydrogens is 326 g/mol. The summed E-state index contributed by atoms with van der Waals surface area (Å²) in [5.74, 6) is -2.78. The van der Waals surface area contributed by atoms with Crippen LogP contribution >= 0.6 is 0 Å². The van der Waals surface area contributed by atoms with Crippen LogP contribution in [0.15, 0.2) is 48.5 Å². The standard InChI is InChI=1S/C19H20F2N2O2/c1-19(2,17(24)22-11-10-13-6-4-3-5-7-13)18(25)23-16-9-8-14(20)12-15(16)21/h3-9,12H,10-11H2,1-2H3,(H,22,24)(H,23,25). The molecule has 0 saturated heterocycles. The molecule has 0 spiro atoms. The van der Waals surface area contributed by atoms with E-state index in [1.54, 1.807) is 0 Å². The van der Waals surface area contributed by atoms with Crippen molar-refractivity contribution in [3.05, 3.63) is 65.7 Å². The predicted octanol–water partition coefficient (Wildman–Crippen LogP) is 3.29. The fraction of sp³-hybridized carbons (Fsp3) is 0.263. The van der Waals surface area contributed by atoms with E-state index in [0.717, 1.165) is 17.7 Å². The molecule has 25 heavy (non-hydrogen) atoms. The minimum absolute atomic E-state index is 0.170. The molecule has 0 fully saturated rings. The van der Waals surface area contributed by atoms with Gasteiger partial charge in [0.15, 0.2) is 0 Å². The Morgan fingerprint density at radius 3 is 2.32 bits per heavy atom. The lowest BCUT2D eigenvalue weighted by atomic mass is 9.90. The molecule has 0 aliphatic carbocycles. The Balaban J connectivity index is 1.93. The first-order chi connectivity index (χ1) is 11.8. The molecule has 4 nitrogen and oxygen atoms in total. The zero-order valence-electron chi connectivity index (χ0n) is 14.1. The Hall–Kier alpha value is -2.76. The number of hydrogen-bond donors (Lipinski definition) is 2. The van der Waals surface area contributed by atoms with Crippen LogP contribution in [0.5, 0.6) is 0 Å². The summed E-state index contributed by atoms with van der Waals surface area (Å²) < 4.78 is 26.5. The maximum atomic E-state index is 13.6. The summed E-state index contributed by atoms with van der Waals surface area (Å²) in [6.45, 7) is 3.27. The maximum absolute atomic E-state index is 13.6. The van der Waals surface area contributed by atoms with E-state index in [9.17, 15) is 18.4 Å². The molecule has 2 amide bonds. The summed E-state index contributed by atoms with van der Waals surface area (Å²) in [6, 6.07) is 12.4. The van der Waals surface area contributed by atoms with Crippen LogP contribution in [0, 0.1) is 17.0 Å². The number of rotatable bonds is 6. The van der Waals surface area contributed by atoms with Crippen molar-refractivity contribution in [1.29, 1.82) is 0 Å². The molecule has 2 aromatic carbocycles. The van der Waals surface area contributed by atoms with Gasteiger partial charge in [-0.15, -0.1) is 0 Å². The summed E-state index contributed by atoms with van der Waals surface area (Å²) in [4.78, 5) is 24.6. The van der Waals surface area contributed by atoms with Crippen molar-refractivity contribution in [2.45, 2.75) is 20.3 Å². The van der Waals surface area contributed by atoms with Gasteiger partial charge in [-0.05, 0) is 38.0 Å². The summed E-state index contributed by atoms with van der Waals surface area (Å²) in [6.07, 6.45) is 0.636. The molecular formula is C19H20F2N2O2. The van der Waals surface area contributed by atoms with Crippen LogP contribution in [0.3, 0.4) is 0 Å². The average Bonchev–Trinajstić information content (AvgIpc) is 2.58. The van der Waals surface area contributed by atoms with Gasteiger partial charge in [-0.1, -0.05) is 30.3 Å². The number of amides is 2. The zero-order valence-corrected chi connectivity index (χ0v) is 14.1. The number of halogens is 2. The van der Waals surface area contributed by atoms with E-state index in [2.05, 4.69) is 10.6 Å². The third-order valence-corrected chi connectivity index (χ3v) is 3.86. The minimum Gasteiger partial charge on any atom is -0.355 e. The highest BCUT2D eigenvalue weighted by Gasteiger charge is 2.36. The number of anilines is 1. The molecule has 0 radical (unpaired) electrons. The second-order valence-electron chi connectivity index (χ2n) is 6.19. The van der Waals surface area contributed by atoms with Gasteiger partial charge in [-0.25, -0.2) is 8.78 Å². The average molecular weight is 346 g/mol. The molecule has 0 bridgehead atoms. The lowest BCUT2D eigenvalue weighted by Crippen LogP contribution is -2.45. The maximum Gasteiger partial charge on any atom is 0.239 e. The number of benzene rings is 2. The van der Waals surface area contributed by atoms with Crippen molar-refractivity contribution in [1.82, 2.24) is 5.32 Å². The van der Waals surface area contributed by atoms with E-state index in [4.69, 9.17) is 0 Å². The van der Waals surface area contributed by atoms with E-state index < -0.39 is 28.9 Å². The molecule has 0 aliphatic rings. The van der Waals surface area contributed by atoms with Crippen LogP contribution < -0.4 is 10.6 Å². The molecule has 2 aromatic rings. The number of carbonyl (C=O) groups excluding carboxylic acids is 2. The first-order valence-electron chi connectivity index (χ1n) is 7.89. The third kappa shape index (κ3) is 4.86. The Labute approximate surface area is 145 Å². The summed E-state index contributed by atoms with van der Waals surface area (Å²) >= 11 is 0. The second-order valence-corrected chi connectivity index (χ2v) is 6.19. The summed E-state index contributed by atoms with van der Waals surface area (Å²) in [7, 11) is 0. The van der Waals surface area contributed by atoms with Gasteiger partial charge in [-0.3, -0.25) is 9.59 Å². The highest BCUT2D eigenvalue weighted by molar-refractivity contribution is 6.09. The van der Waals surface area contributed by atoms with E-state index in [-0.39, 0.29) is 5.69 Å². The van der Waals surface area contributed by atoms with E-state index in [1.165, 1.54) is 13.8 Å². The van der Waals surface area contributed by atoms with E-state index >= 15 is 0 Å². The minimum atomic E-state index is -1.41. The van der Waals surface area contributed by atoms with Crippen molar-refractivity contribution in [3.63, 3.8) is 0 Å². The monoisotopic (exact) mass is 346 g/mol. The van der Waals surface area contributed by atoms with Crippen LogP contribution in [0.25, 0.3) is 0 Å². The van der Waals surface area contributed by atoms with Crippen molar-refractivity contribution < 1.29 is 18.4 Å². The lowest BCUT2D eigenvalue weighted by molar-refractivity contribution is -0.138. The van der Waals surface area contributed by atoms with E-state index in [0.29, 0.717) is 19.0 Å². The number of carbonyl (C=O) groups is 2. The first kappa shape index (κ1) is 18.6. The Morgan fingerprint density at radius 1 is 1.00 bits per heavy atom. The van der Waals surface area contributed by atoms with Crippen molar-refractivity contribution in [2.24, 2.45) is 5.41 Å². The van der Waals surface area contributed by atoms with Crippen LogP contribution in [0.4, 0.5) is 14.5 Å². The van der Waals surface area contributed by atoms with E-state index in [1.807, 2.05) is 30.3 Å². The van der Waals surface area contributed by atoms with Gasteiger partial charge in [-0.2, -0.15) is 0 Å². The quantitative estimate of drug-likeness (QED) is 0.789. The van der Waals surface area contributed by atoms with Crippen molar-refractivity contribution in [2.75, 3.05) is 11.9 Å².